The summed E-state index contributed by atoms with van der Waals surface area (Å²) in [6.45, 7) is 1.76. The Morgan fingerprint density at radius 2 is 1.83 bits per heavy atom. The Hall–Kier alpha value is -3.02. The van der Waals surface area contributed by atoms with Gasteiger partial charge in [-0.3, -0.25) is 4.79 Å². The van der Waals surface area contributed by atoms with Gasteiger partial charge in [-0.2, -0.15) is 0 Å². The van der Waals surface area contributed by atoms with Gasteiger partial charge in [0.05, 0.1) is 12.2 Å². The summed E-state index contributed by atoms with van der Waals surface area (Å²) in [6.07, 6.45) is 0.788. The molecule has 154 valence electrons. The monoisotopic (exact) mass is 422 g/mol. The van der Waals surface area contributed by atoms with E-state index in [-0.39, 0.29) is 12.7 Å². The second kappa shape index (κ2) is 9.65. The number of rotatable bonds is 7. The summed E-state index contributed by atoms with van der Waals surface area (Å²) < 4.78 is 11.0. The summed E-state index contributed by atoms with van der Waals surface area (Å²) in [5.74, 6) is 0.690. The zero-order chi connectivity index (χ0) is 20.8. The molecule has 0 saturated carbocycles. The van der Waals surface area contributed by atoms with Crippen LogP contribution >= 0.6 is 11.6 Å². The predicted octanol–water partition coefficient (Wildman–Crippen LogP) is 4.79. The molecule has 6 heteroatoms. The number of benzene rings is 3. The number of amides is 1. The first kappa shape index (κ1) is 20.3. The highest BCUT2D eigenvalue weighted by Gasteiger charge is 2.17. The summed E-state index contributed by atoms with van der Waals surface area (Å²) in [4.78, 5) is 12.7. The van der Waals surface area contributed by atoms with Crippen LogP contribution in [-0.4, -0.2) is 19.2 Å². The second-order valence-corrected chi connectivity index (χ2v) is 7.49. The molecule has 0 bridgehead atoms. The molecule has 1 heterocycles. The van der Waals surface area contributed by atoms with Gasteiger partial charge in [0.1, 0.15) is 5.75 Å². The molecule has 0 spiro atoms. The Morgan fingerprint density at radius 1 is 1.03 bits per heavy atom. The van der Waals surface area contributed by atoms with Crippen LogP contribution in [0.2, 0.25) is 5.02 Å². The number of hydrogen-bond acceptors (Lipinski definition) is 4. The fourth-order valence-electron chi connectivity index (χ4n) is 3.47. The van der Waals surface area contributed by atoms with Gasteiger partial charge in [-0.05, 0) is 36.2 Å². The lowest BCUT2D eigenvalue weighted by molar-refractivity contribution is -0.0169. The van der Waals surface area contributed by atoms with Crippen molar-refractivity contribution in [3.63, 3.8) is 0 Å². The fraction of sp³-hybridized carbons (Fsp3) is 0.208. The lowest BCUT2D eigenvalue weighted by atomic mass is 10.1. The van der Waals surface area contributed by atoms with Gasteiger partial charge in [0.2, 0.25) is 0 Å². The zero-order valence-corrected chi connectivity index (χ0v) is 17.2. The van der Waals surface area contributed by atoms with Crippen molar-refractivity contribution >= 4 is 23.2 Å². The molecule has 0 aromatic heterocycles. The molecule has 1 amide bonds. The Morgan fingerprint density at radius 3 is 2.70 bits per heavy atom. The van der Waals surface area contributed by atoms with E-state index < -0.39 is 0 Å². The smallest absolute Gasteiger partial charge is 0.253 e. The second-order valence-electron chi connectivity index (χ2n) is 7.05. The van der Waals surface area contributed by atoms with Crippen LogP contribution in [0.25, 0.3) is 0 Å². The first-order valence-electron chi connectivity index (χ1n) is 9.87. The third kappa shape index (κ3) is 4.93. The van der Waals surface area contributed by atoms with Crippen LogP contribution in [0.5, 0.6) is 5.75 Å². The molecule has 5 nitrogen and oxygen atoms in total. The minimum absolute atomic E-state index is 0.105. The lowest BCUT2D eigenvalue weighted by Gasteiger charge is -2.22. The van der Waals surface area contributed by atoms with Crippen LogP contribution in [-0.2, 0) is 24.3 Å². The molecular weight excluding hydrogens is 400 g/mol. The molecule has 0 atom stereocenters. The normalized spacial score (nSPS) is 12.6. The third-order valence-electron chi connectivity index (χ3n) is 4.93. The van der Waals surface area contributed by atoms with Crippen molar-refractivity contribution in [1.29, 1.82) is 0 Å². The highest BCUT2D eigenvalue weighted by atomic mass is 35.5. The van der Waals surface area contributed by atoms with E-state index in [9.17, 15) is 4.79 Å². The van der Waals surface area contributed by atoms with Crippen molar-refractivity contribution < 1.29 is 14.3 Å². The van der Waals surface area contributed by atoms with Gasteiger partial charge in [0, 0.05) is 34.9 Å². The van der Waals surface area contributed by atoms with Gasteiger partial charge >= 0.3 is 0 Å². The van der Waals surface area contributed by atoms with E-state index in [0.29, 0.717) is 30.3 Å². The van der Waals surface area contributed by atoms with Crippen molar-refractivity contribution in [2.24, 2.45) is 0 Å². The van der Waals surface area contributed by atoms with Gasteiger partial charge in [0.15, 0.2) is 6.79 Å². The van der Waals surface area contributed by atoms with Gasteiger partial charge < -0.3 is 20.1 Å². The summed E-state index contributed by atoms with van der Waals surface area (Å²) in [7, 11) is 0. The molecule has 3 aromatic rings. The van der Waals surface area contributed by atoms with Crippen LogP contribution in [0, 0.1) is 0 Å². The summed E-state index contributed by atoms with van der Waals surface area (Å²) in [6, 6.07) is 21.3. The average Bonchev–Trinajstić information content (AvgIpc) is 2.78. The Labute approximate surface area is 181 Å². The van der Waals surface area contributed by atoms with Crippen LogP contribution in [0.4, 0.5) is 5.69 Å². The van der Waals surface area contributed by atoms with E-state index >= 15 is 0 Å². The molecule has 1 aliphatic heterocycles. The molecule has 30 heavy (non-hydrogen) atoms. The van der Waals surface area contributed by atoms with E-state index in [1.54, 1.807) is 0 Å². The minimum atomic E-state index is -0.105. The lowest BCUT2D eigenvalue weighted by Crippen LogP contribution is -2.26. The van der Waals surface area contributed by atoms with E-state index in [1.165, 1.54) is 5.56 Å². The van der Waals surface area contributed by atoms with Crippen molar-refractivity contribution in [1.82, 2.24) is 5.32 Å². The Bertz CT molecular complexity index is 1020. The minimum Gasteiger partial charge on any atom is -0.467 e. The number of anilines is 1. The number of fused-ring (bicyclic) bond motifs is 1. The van der Waals surface area contributed by atoms with E-state index in [4.69, 9.17) is 21.1 Å². The summed E-state index contributed by atoms with van der Waals surface area (Å²) in [5, 5.41) is 6.99. The number of carbonyl (C=O) groups is 1. The number of carbonyl (C=O) groups excluding carboxylic acids is 1. The van der Waals surface area contributed by atoms with Crippen molar-refractivity contribution in [3.05, 3.63) is 94.0 Å². The number of para-hydroxylation sites is 1. The van der Waals surface area contributed by atoms with Gasteiger partial charge in [-0.1, -0.05) is 54.1 Å². The van der Waals surface area contributed by atoms with Gasteiger partial charge in [-0.25, -0.2) is 0 Å². The van der Waals surface area contributed by atoms with E-state index in [2.05, 4.69) is 22.8 Å². The molecule has 0 saturated heterocycles. The fourth-order valence-corrected chi connectivity index (χ4v) is 3.74. The maximum atomic E-state index is 12.7. The summed E-state index contributed by atoms with van der Waals surface area (Å²) >= 11 is 6.25. The molecule has 0 unspecified atom stereocenters. The number of nitrogens with one attached hydrogen (secondary N) is 2. The van der Waals surface area contributed by atoms with Crippen molar-refractivity contribution in [3.8, 4) is 5.75 Å². The molecule has 1 aliphatic rings. The predicted molar refractivity (Wildman–Crippen MR) is 118 cm³/mol. The first-order chi connectivity index (χ1) is 14.7. The molecular formula is C24H23ClN2O3. The first-order valence-corrected chi connectivity index (χ1v) is 10.3. The SMILES string of the molecule is O=C(NCCc1ccccc1)c1ccccc1NCc1cc(Cl)cc2c1OCOC2. The van der Waals surface area contributed by atoms with Crippen molar-refractivity contribution in [2.75, 3.05) is 18.7 Å². The maximum absolute atomic E-state index is 12.7. The number of ether oxygens (including phenoxy) is 2. The van der Waals surface area contributed by atoms with E-state index in [1.807, 2.05) is 54.6 Å². The Balaban J connectivity index is 1.42. The standard InChI is InChI=1S/C24H23ClN2O3/c25-20-12-18(23-19(13-20)15-29-16-30-23)14-27-22-9-5-4-8-21(22)24(28)26-11-10-17-6-2-1-3-7-17/h1-9,12-13,27H,10-11,14-16H2,(H,26,28). The quantitative estimate of drug-likeness (QED) is 0.574. The number of halogens is 1. The van der Waals surface area contributed by atoms with Crippen LogP contribution < -0.4 is 15.4 Å². The van der Waals surface area contributed by atoms with Crippen LogP contribution in [0.15, 0.2) is 66.7 Å². The third-order valence-corrected chi connectivity index (χ3v) is 5.15. The Kier molecular flexibility index (Phi) is 6.52. The van der Waals surface area contributed by atoms with E-state index in [0.717, 1.165) is 29.0 Å². The maximum Gasteiger partial charge on any atom is 0.253 e. The highest BCUT2D eigenvalue weighted by molar-refractivity contribution is 6.30. The topological polar surface area (TPSA) is 59.6 Å². The molecule has 0 radical (unpaired) electrons. The van der Waals surface area contributed by atoms with Crippen LogP contribution in [0.1, 0.15) is 27.0 Å². The highest BCUT2D eigenvalue weighted by Crippen LogP contribution is 2.32. The van der Waals surface area contributed by atoms with Gasteiger partial charge in [-0.15, -0.1) is 0 Å². The molecule has 4 rings (SSSR count). The molecule has 0 fully saturated rings. The zero-order valence-electron chi connectivity index (χ0n) is 16.5. The van der Waals surface area contributed by atoms with Crippen LogP contribution in [0.3, 0.4) is 0 Å². The molecule has 3 aromatic carbocycles. The number of hydrogen-bond donors (Lipinski definition) is 2. The largest absolute Gasteiger partial charge is 0.467 e. The van der Waals surface area contributed by atoms with Crippen molar-refractivity contribution in [2.45, 2.75) is 19.6 Å². The average molecular weight is 423 g/mol. The summed E-state index contributed by atoms with van der Waals surface area (Å²) in [5.41, 5.74) is 4.41. The molecule has 2 N–H and O–H groups in total. The molecule has 0 aliphatic carbocycles. The van der Waals surface area contributed by atoms with Gasteiger partial charge in [0.25, 0.3) is 5.91 Å².